The third kappa shape index (κ3) is 2.32. The summed E-state index contributed by atoms with van der Waals surface area (Å²) in [5, 5.41) is 3.53. The molecule has 1 aromatic heterocycles. The molecule has 0 bridgehead atoms. The maximum atomic E-state index is 5.96. The highest BCUT2D eigenvalue weighted by Gasteiger charge is 2.44. The second kappa shape index (κ2) is 3.78. The molecule has 1 heterocycles. The van der Waals surface area contributed by atoms with Crippen LogP contribution in [-0.2, 0) is 6.54 Å². The molecule has 0 radical (unpaired) electrons. The molecule has 1 aliphatic rings. The monoisotopic (exact) mass is 293 g/mol. The van der Waals surface area contributed by atoms with E-state index in [0.29, 0.717) is 11.5 Å². The average Bonchev–Trinajstić information content (AvgIpc) is 2.56. The molecule has 2 rings (SSSR count). The fourth-order valence-electron chi connectivity index (χ4n) is 1.52. The lowest BCUT2D eigenvalue weighted by atomic mass is 10.2. The first kappa shape index (κ1) is 10.9. The van der Waals surface area contributed by atoms with Gasteiger partial charge in [-0.25, -0.2) is 0 Å². The predicted molar refractivity (Wildman–Crippen MR) is 66.1 cm³/mol. The molecule has 1 aromatic rings. The Labute approximate surface area is 102 Å². The SMILES string of the molecule is CC1(C)CC1NCc1cc(Br)c(Cl)s1. The minimum atomic E-state index is 0.498. The van der Waals surface area contributed by atoms with Crippen molar-refractivity contribution in [1.29, 1.82) is 0 Å². The van der Waals surface area contributed by atoms with E-state index in [2.05, 4.69) is 41.2 Å². The lowest BCUT2D eigenvalue weighted by molar-refractivity contribution is 0.544. The van der Waals surface area contributed by atoms with Crippen LogP contribution >= 0.6 is 38.9 Å². The highest BCUT2D eigenvalue weighted by atomic mass is 79.9. The van der Waals surface area contributed by atoms with Crippen molar-refractivity contribution in [3.05, 3.63) is 19.8 Å². The Hall–Kier alpha value is 0.430. The van der Waals surface area contributed by atoms with Crippen LogP contribution in [0.15, 0.2) is 10.5 Å². The van der Waals surface area contributed by atoms with Gasteiger partial charge in [0.05, 0.1) is 0 Å². The molecule has 1 fully saturated rings. The number of nitrogens with one attached hydrogen (secondary N) is 1. The van der Waals surface area contributed by atoms with Gasteiger partial charge < -0.3 is 5.32 Å². The van der Waals surface area contributed by atoms with Gasteiger partial charge in [-0.05, 0) is 33.8 Å². The minimum Gasteiger partial charge on any atom is -0.309 e. The molecule has 1 nitrogen and oxygen atoms in total. The van der Waals surface area contributed by atoms with Crippen LogP contribution in [0.4, 0.5) is 0 Å². The van der Waals surface area contributed by atoms with Crippen molar-refractivity contribution in [1.82, 2.24) is 5.32 Å². The predicted octanol–water partition coefficient (Wildman–Crippen LogP) is 4.05. The molecule has 1 aliphatic carbocycles. The normalized spacial score (nSPS) is 23.9. The topological polar surface area (TPSA) is 12.0 Å². The van der Waals surface area contributed by atoms with E-state index >= 15 is 0 Å². The molecule has 0 spiro atoms. The van der Waals surface area contributed by atoms with Gasteiger partial charge in [0.25, 0.3) is 0 Å². The summed E-state index contributed by atoms with van der Waals surface area (Å²) in [7, 11) is 0. The Morgan fingerprint density at radius 3 is 2.79 bits per heavy atom. The summed E-state index contributed by atoms with van der Waals surface area (Å²) in [6.07, 6.45) is 1.28. The highest BCUT2D eigenvalue weighted by Crippen LogP contribution is 2.45. The molecule has 1 N–H and O–H groups in total. The smallest absolute Gasteiger partial charge is 0.107 e. The maximum absolute atomic E-state index is 5.96. The van der Waals surface area contributed by atoms with E-state index in [4.69, 9.17) is 11.6 Å². The second-order valence-corrected chi connectivity index (χ2v) is 7.05. The maximum Gasteiger partial charge on any atom is 0.107 e. The Bertz CT molecular complexity index is 328. The summed E-state index contributed by atoms with van der Waals surface area (Å²) in [6.45, 7) is 5.52. The van der Waals surface area contributed by atoms with Crippen LogP contribution in [-0.4, -0.2) is 6.04 Å². The fraction of sp³-hybridized carbons (Fsp3) is 0.600. The zero-order valence-corrected chi connectivity index (χ0v) is 11.4. The van der Waals surface area contributed by atoms with Gasteiger partial charge in [-0.15, -0.1) is 11.3 Å². The molecule has 14 heavy (non-hydrogen) atoms. The first-order chi connectivity index (χ1) is 6.49. The average molecular weight is 295 g/mol. The first-order valence-electron chi connectivity index (χ1n) is 4.66. The zero-order chi connectivity index (χ0) is 10.3. The van der Waals surface area contributed by atoms with Crippen molar-refractivity contribution in [2.24, 2.45) is 5.41 Å². The van der Waals surface area contributed by atoms with E-state index in [1.165, 1.54) is 11.3 Å². The summed E-state index contributed by atoms with van der Waals surface area (Å²) in [5.41, 5.74) is 0.498. The van der Waals surface area contributed by atoms with E-state index in [1.54, 1.807) is 11.3 Å². The van der Waals surface area contributed by atoms with Gasteiger partial charge in [-0.2, -0.15) is 0 Å². The van der Waals surface area contributed by atoms with E-state index < -0.39 is 0 Å². The number of hydrogen-bond acceptors (Lipinski definition) is 2. The van der Waals surface area contributed by atoms with Crippen LogP contribution in [0, 0.1) is 5.41 Å². The Kier molecular flexibility index (Phi) is 2.95. The molecule has 1 unspecified atom stereocenters. The summed E-state index contributed by atoms with van der Waals surface area (Å²) in [6, 6.07) is 2.78. The molecule has 1 saturated carbocycles. The number of rotatable bonds is 3. The molecule has 78 valence electrons. The Morgan fingerprint density at radius 1 is 1.71 bits per heavy atom. The molecule has 0 saturated heterocycles. The molecule has 4 heteroatoms. The van der Waals surface area contributed by atoms with Crippen molar-refractivity contribution in [2.45, 2.75) is 32.9 Å². The van der Waals surface area contributed by atoms with Gasteiger partial charge >= 0.3 is 0 Å². The first-order valence-corrected chi connectivity index (χ1v) is 6.65. The van der Waals surface area contributed by atoms with Crippen LogP contribution in [0.5, 0.6) is 0 Å². The Balaban J connectivity index is 1.87. The van der Waals surface area contributed by atoms with E-state index in [9.17, 15) is 0 Å². The van der Waals surface area contributed by atoms with Gasteiger partial charge in [0, 0.05) is 21.9 Å². The summed E-state index contributed by atoms with van der Waals surface area (Å²) in [5.74, 6) is 0. The molecular weight excluding hydrogens is 282 g/mol. The van der Waals surface area contributed by atoms with Gasteiger partial charge in [-0.1, -0.05) is 25.4 Å². The number of thiophene rings is 1. The third-order valence-corrected chi connectivity index (χ3v) is 5.21. The lowest BCUT2D eigenvalue weighted by Gasteiger charge is -2.04. The van der Waals surface area contributed by atoms with Crippen LogP contribution in [0.2, 0.25) is 4.34 Å². The van der Waals surface area contributed by atoms with Gasteiger partial charge in [0.15, 0.2) is 0 Å². The lowest BCUT2D eigenvalue weighted by Crippen LogP contribution is -2.19. The van der Waals surface area contributed by atoms with Crippen molar-refractivity contribution in [3.63, 3.8) is 0 Å². The van der Waals surface area contributed by atoms with Crippen LogP contribution in [0.3, 0.4) is 0 Å². The minimum absolute atomic E-state index is 0.498. The van der Waals surface area contributed by atoms with E-state index in [0.717, 1.165) is 15.4 Å². The quantitative estimate of drug-likeness (QED) is 0.887. The van der Waals surface area contributed by atoms with E-state index in [-0.39, 0.29) is 0 Å². The molecular formula is C10H13BrClNS. The van der Waals surface area contributed by atoms with Gasteiger partial charge in [0.2, 0.25) is 0 Å². The van der Waals surface area contributed by atoms with Crippen LogP contribution < -0.4 is 5.32 Å². The van der Waals surface area contributed by atoms with Gasteiger partial charge in [-0.3, -0.25) is 0 Å². The molecule has 1 atom stereocenters. The van der Waals surface area contributed by atoms with Crippen LogP contribution in [0.1, 0.15) is 25.1 Å². The van der Waals surface area contributed by atoms with Gasteiger partial charge in [0.1, 0.15) is 4.34 Å². The molecule has 0 aromatic carbocycles. The van der Waals surface area contributed by atoms with Crippen molar-refractivity contribution in [3.8, 4) is 0 Å². The van der Waals surface area contributed by atoms with Crippen molar-refractivity contribution in [2.75, 3.05) is 0 Å². The second-order valence-electron chi connectivity index (χ2n) is 4.46. The van der Waals surface area contributed by atoms with Crippen LogP contribution in [0.25, 0.3) is 0 Å². The van der Waals surface area contributed by atoms with E-state index in [1.807, 2.05) is 0 Å². The fourth-order valence-corrected chi connectivity index (χ4v) is 3.26. The molecule has 0 aliphatic heterocycles. The van der Waals surface area contributed by atoms with Crippen molar-refractivity contribution < 1.29 is 0 Å². The summed E-state index contributed by atoms with van der Waals surface area (Å²) in [4.78, 5) is 1.30. The Morgan fingerprint density at radius 2 is 2.36 bits per heavy atom. The standard InChI is InChI=1S/C10H13BrClNS/c1-10(2)4-8(10)13-5-6-3-7(11)9(12)14-6/h3,8,13H,4-5H2,1-2H3. The zero-order valence-electron chi connectivity index (χ0n) is 8.23. The van der Waals surface area contributed by atoms with Crippen molar-refractivity contribution >= 4 is 38.9 Å². The summed E-state index contributed by atoms with van der Waals surface area (Å²) < 4.78 is 1.85. The number of hydrogen-bond donors (Lipinski definition) is 1. The number of halogens is 2. The summed E-state index contributed by atoms with van der Waals surface area (Å²) >= 11 is 11.0. The highest BCUT2D eigenvalue weighted by molar-refractivity contribution is 9.10. The third-order valence-electron chi connectivity index (χ3n) is 2.73. The molecule has 0 amide bonds. The largest absolute Gasteiger partial charge is 0.309 e.